The van der Waals surface area contributed by atoms with Crippen molar-refractivity contribution in [3.8, 4) is 0 Å². The van der Waals surface area contributed by atoms with E-state index in [-0.39, 0.29) is 12.0 Å². The van der Waals surface area contributed by atoms with Crippen LogP contribution in [0, 0.1) is 5.92 Å². The zero-order chi connectivity index (χ0) is 27.4. The molecule has 0 atom stereocenters. The Hall–Kier alpha value is -2.40. The number of hydrogen-bond acceptors (Lipinski definition) is 8. The van der Waals surface area contributed by atoms with Crippen LogP contribution in [0.5, 0.6) is 0 Å². The number of amides is 2. The van der Waals surface area contributed by atoms with Gasteiger partial charge in [0.25, 0.3) is 0 Å². The molecule has 0 saturated heterocycles. The molecular weight excluding hydrogens is 480 g/mol. The van der Waals surface area contributed by atoms with Crippen molar-refractivity contribution in [2.75, 3.05) is 72.5 Å². The second kappa shape index (κ2) is 19.7. The van der Waals surface area contributed by atoms with Crippen LogP contribution in [-0.2, 0) is 35.0 Å². The summed E-state index contributed by atoms with van der Waals surface area (Å²) in [6.45, 7) is 14.2. The van der Waals surface area contributed by atoms with Crippen LogP contribution < -0.4 is 5.32 Å². The smallest absolute Gasteiger partial charge is 0.409 e. The van der Waals surface area contributed by atoms with Gasteiger partial charge in [0.15, 0.2) is 0 Å². The first-order valence-corrected chi connectivity index (χ1v) is 12.9. The number of nitrogens with one attached hydrogen (secondary N) is 1. The molecule has 0 bridgehead atoms. The molecule has 0 aliphatic heterocycles. The van der Waals surface area contributed by atoms with Crippen molar-refractivity contribution in [1.29, 1.82) is 0 Å². The van der Waals surface area contributed by atoms with Crippen LogP contribution in [0.25, 0.3) is 0 Å². The molecular formula is C27H46N2O8. The van der Waals surface area contributed by atoms with E-state index in [1.54, 1.807) is 4.90 Å². The summed E-state index contributed by atoms with van der Waals surface area (Å²) >= 11 is 0. The number of hydrogen-bond donors (Lipinski definition) is 1. The highest BCUT2D eigenvalue weighted by molar-refractivity contribution is 5.67. The van der Waals surface area contributed by atoms with Crippen LogP contribution in [0.1, 0.15) is 40.2 Å². The SMILES string of the molecule is CC(C)COC(=O)N(CCOCCOCCNC(=O)OC(C)(C)C)CCOCCOCc1ccccc1. The second-order valence-electron chi connectivity index (χ2n) is 9.76. The second-order valence-corrected chi connectivity index (χ2v) is 9.76. The predicted octanol–water partition coefficient (Wildman–Crippen LogP) is 3.87. The molecule has 10 heteroatoms. The van der Waals surface area contributed by atoms with Crippen molar-refractivity contribution in [2.24, 2.45) is 5.92 Å². The Morgan fingerprint density at radius 1 is 0.838 bits per heavy atom. The van der Waals surface area contributed by atoms with Gasteiger partial charge in [-0.2, -0.15) is 0 Å². The molecule has 1 N–H and O–H groups in total. The minimum Gasteiger partial charge on any atom is -0.449 e. The summed E-state index contributed by atoms with van der Waals surface area (Å²) in [6.07, 6.45) is -0.855. The van der Waals surface area contributed by atoms with E-state index in [1.807, 2.05) is 65.0 Å². The number of nitrogens with zero attached hydrogens (tertiary/aromatic N) is 1. The van der Waals surface area contributed by atoms with E-state index in [1.165, 1.54) is 0 Å². The average Bonchev–Trinajstić information content (AvgIpc) is 2.83. The maximum atomic E-state index is 12.4. The van der Waals surface area contributed by atoms with Gasteiger partial charge in [-0.1, -0.05) is 44.2 Å². The number of alkyl carbamates (subject to hydrolysis) is 1. The van der Waals surface area contributed by atoms with Crippen molar-refractivity contribution in [3.05, 3.63) is 35.9 Å². The molecule has 0 aliphatic carbocycles. The highest BCUT2D eigenvalue weighted by Crippen LogP contribution is 2.06. The van der Waals surface area contributed by atoms with E-state index >= 15 is 0 Å². The summed E-state index contributed by atoms with van der Waals surface area (Å²) in [5.74, 6) is 0.252. The number of rotatable bonds is 19. The van der Waals surface area contributed by atoms with Crippen molar-refractivity contribution in [2.45, 2.75) is 46.8 Å². The van der Waals surface area contributed by atoms with Crippen LogP contribution in [-0.4, -0.2) is 95.2 Å². The molecule has 0 heterocycles. The Kier molecular flexibility index (Phi) is 17.4. The number of ether oxygens (including phenoxy) is 6. The van der Waals surface area contributed by atoms with Gasteiger partial charge in [0, 0.05) is 19.6 Å². The minimum atomic E-state index is -0.531. The van der Waals surface area contributed by atoms with Gasteiger partial charge in [0.2, 0.25) is 0 Å². The summed E-state index contributed by atoms with van der Waals surface area (Å²) in [4.78, 5) is 25.6. The highest BCUT2D eigenvalue weighted by atomic mass is 16.6. The van der Waals surface area contributed by atoms with Gasteiger partial charge < -0.3 is 38.6 Å². The fourth-order valence-corrected chi connectivity index (χ4v) is 2.82. The number of carbonyl (C=O) groups excluding carboxylic acids is 2. The molecule has 0 aromatic heterocycles. The van der Waals surface area contributed by atoms with E-state index < -0.39 is 11.7 Å². The van der Waals surface area contributed by atoms with E-state index in [2.05, 4.69) is 5.32 Å². The Morgan fingerprint density at radius 2 is 1.41 bits per heavy atom. The molecule has 0 spiro atoms. The number of carbonyl (C=O) groups is 2. The van der Waals surface area contributed by atoms with Crippen molar-refractivity contribution in [1.82, 2.24) is 10.2 Å². The van der Waals surface area contributed by atoms with Gasteiger partial charge in [0.05, 0.1) is 59.5 Å². The summed E-state index contributed by atoms with van der Waals surface area (Å²) in [5, 5.41) is 2.63. The maximum absolute atomic E-state index is 12.4. The molecule has 1 rings (SSSR count). The van der Waals surface area contributed by atoms with Crippen LogP contribution in [0.3, 0.4) is 0 Å². The van der Waals surface area contributed by atoms with Gasteiger partial charge in [0.1, 0.15) is 5.60 Å². The summed E-state index contributed by atoms with van der Waals surface area (Å²) in [6, 6.07) is 9.95. The molecule has 0 saturated carbocycles. The largest absolute Gasteiger partial charge is 0.449 e. The van der Waals surface area contributed by atoms with Gasteiger partial charge >= 0.3 is 12.2 Å². The fraction of sp³-hybridized carbons (Fsp3) is 0.704. The van der Waals surface area contributed by atoms with Gasteiger partial charge in [-0.05, 0) is 32.3 Å². The third kappa shape index (κ3) is 19.4. The topological polar surface area (TPSA) is 105 Å². The first-order valence-electron chi connectivity index (χ1n) is 12.9. The van der Waals surface area contributed by atoms with Gasteiger partial charge in [-0.25, -0.2) is 9.59 Å². The first-order chi connectivity index (χ1) is 17.7. The lowest BCUT2D eigenvalue weighted by Gasteiger charge is -2.22. The lowest BCUT2D eigenvalue weighted by Crippen LogP contribution is -2.38. The van der Waals surface area contributed by atoms with Gasteiger partial charge in [-0.3, -0.25) is 0 Å². The normalized spacial score (nSPS) is 11.4. The summed E-state index contributed by atoms with van der Waals surface area (Å²) in [7, 11) is 0. The van der Waals surface area contributed by atoms with E-state index in [4.69, 9.17) is 28.4 Å². The molecule has 1 aromatic carbocycles. The highest BCUT2D eigenvalue weighted by Gasteiger charge is 2.16. The third-order valence-electron chi connectivity index (χ3n) is 4.58. The van der Waals surface area contributed by atoms with Crippen molar-refractivity contribution in [3.63, 3.8) is 0 Å². The van der Waals surface area contributed by atoms with Crippen LogP contribution in [0.15, 0.2) is 30.3 Å². The van der Waals surface area contributed by atoms with Crippen LogP contribution in [0.2, 0.25) is 0 Å². The third-order valence-corrected chi connectivity index (χ3v) is 4.58. The van der Waals surface area contributed by atoms with Crippen LogP contribution in [0.4, 0.5) is 9.59 Å². The van der Waals surface area contributed by atoms with Gasteiger partial charge in [-0.15, -0.1) is 0 Å². The van der Waals surface area contributed by atoms with E-state index in [9.17, 15) is 9.59 Å². The standard InChI is InChI=1S/C27H46N2O8/c1-23(2)21-36-26(31)29(13-16-34-19-20-35-22-24-9-7-6-8-10-24)12-15-33-18-17-32-14-11-28-25(30)37-27(3,4)5/h6-10,23H,11-22H2,1-5H3,(H,28,30). The minimum absolute atomic E-state index is 0.252. The molecule has 0 aliphatic rings. The molecule has 1 aromatic rings. The van der Waals surface area contributed by atoms with E-state index in [0.29, 0.717) is 79.1 Å². The Morgan fingerprint density at radius 3 is 1.97 bits per heavy atom. The lowest BCUT2D eigenvalue weighted by molar-refractivity contribution is 0.0167. The molecule has 212 valence electrons. The fourth-order valence-electron chi connectivity index (χ4n) is 2.82. The molecule has 2 amide bonds. The molecule has 0 radical (unpaired) electrons. The zero-order valence-electron chi connectivity index (χ0n) is 23.2. The molecule has 37 heavy (non-hydrogen) atoms. The van der Waals surface area contributed by atoms with E-state index in [0.717, 1.165) is 5.56 Å². The van der Waals surface area contributed by atoms with Crippen molar-refractivity contribution < 1.29 is 38.0 Å². The first kappa shape index (κ1) is 32.6. The monoisotopic (exact) mass is 526 g/mol. The lowest BCUT2D eigenvalue weighted by atomic mass is 10.2. The molecule has 0 unspecified atom stereocenters. The zero-order valence-corrected chi connectivity index (χ0v) is 23.2. The number of benzene rings is 1. The Balaban J connectivity index is 2.16. The molecule has 0 fully saturated rings. The van der Waals surface area contributed by atoms with Crippen molar-refractivity contribution >= 4 is 12.2 Å². The maximum Gasteiger partial charge on any atom is 0.409 e. The quantitative estimate of drug-likeness (QED) is 0.271. The van der Waals surface area contributed by atoms with Crippen LogP contribution >= 0.6 is 0 Å². The average molecular weight is 527 g/mol. The Labute approximate surface area is 221 Å². The molecule has 10 nitrogen and oxygen atoms in total. The summed E-state index contributed by atoms with van der Waals surface area (Å²) < 4.78 is 32.8. The summed E-state index contributed by atoms with van der Waals surface area (Å²) in [5.41, 5.74) is 0.584. The Bertz CT molecular complexity index is 725. The predicted molar refractivity (Wildman–Crippen MR) is 141 cm³/mol.